The first-order chi connectivity index (χ1) is 13.6. The molecule has 1 aliphatic carbocycles. The molecule has 4 rings (SSSR count). The van der Waals surface area contributed by atoms with Crippen molar-refractivity contribution in [1.82, 2.24) is 0 Å². The highest BCUT2D eigenvalue weighted by atomic mass is 35.5. The van der Waals surface area contributed by atoms with Crippen LogP contribution in [0.2, 0.25) is 5.02 Å². The maximum atomic E-state index is 11.5. The normalized spacial score (nSPS) is 15.1. The standard InChI is InChI=1S/C24H22ClNO2/c1-28-24(27)26-20-7-4-5-16(13-20)14-23-21-8-3-2-6-17(21)9-10-18-15-19(25)11-12-22(18)23/h2-8,11-13,15,23H,9-10,14H2,1H3,(H,26,27)/t23-/m1/s1. The summed E-state index contributed by atoms with van der Waals surface area (Å²) in [5, 5.41) is 3.53. The second-order valence-electron chi connectivity index (χ2n) is 7.12. The molecule has 3 aromatic rings. The van der Waals surface area contributed by atoms with Crippen molar-refractivity contribution in [1.29, 1.82) is 0 Å². The summed E-state index contributed by atoms with van der Waals surface area (Å²) in [6, 6.07) is 22.9. The Bertz CT molecular complexity index is 1010. The lowest BCUT2D eigenvalue weighted by molar-refractivity contribution is 0.187. The number of anilines is 1. The monoisotopic (exact) mass is 391 g/mol. The van der Waals surface area contributed by atoms with Gasteiger partial charge in [0, 0.05) is 16.6 Å². The van der Waals surface area contributed by atoms with Crippen LogP contribution in [0.3, 0.4) is 0 Å². The van der Waals surface area contributed by atoms with E-state index >= 15 is 0 Å². The largest absolute Gasteiger partial charge is 0.453 e. The molecule has 1 amide bonds. The summed E-state index contributed by atoms with van der Waals surface area (Å²) < 4.78 is 4.70. The van der Waals surface area contributed by atoms with Gasteiger partial charge in [0.2, 0.25) is 0 Å². The highest BCUT2D eigenvalue weighted by molar-refractivity contribution is 6.30. The summed E-state index contributed by atoms with van der Waals surface area (Å²) in [7, 11) is 1.36. The molecule has 1 N–H and O–H groups in total. The molecular formula is C24H22ClNO2. The van der Waals surface area contributed by atoms with Crippen molar-refractivity contribution in [3.63, 3.8) is 0 Å². The van der Waals surface area contributed by atoms with Crippen molar-refractivity contribution < 1.29 is 9.53 Å². The molecule has 142 valence electrons. The molecule has 0 fully saturated rings. The number of ether oxygens (including phenoxy) is 1. The van der Waals surface area contributed by atoms with E-state index in [2.05, 4.69) is 47.8 Å². The van der Waals surface area contributed by atoms with Gasteiger partial charge in [0.05, 0.1) is 7.11 Å². The summed E-state index contributed by atoms with van der Waals surface area (Å²) in [5.41, 5.74) is 7.32. The summed E-state index contributed by atoms with van der Waals surface area (Å²) >= 11 is 6.28. The SMILES string of the molecule is COC(=O)Nc1cccc(C[C@@H]2c3ccccc3CCc3cc(Cl)ccc32)c1. The van der Waals surface area contributed by atoms with Crippen LogP contribution in [0.15, 0.2) is 66.7 Å². The Kier molecular flexibility index (Phi) is 5.36. The Morgan fingerprint density at radius 3 is 2.64 bits per heavy atom. The number of hydrogen-bond donors (Lipinski definition) is 1. The molecule has 4 heteroatoms. The van der Waals surface area contributed by atoms with Gasteiger partial charge in [-0.25, -0.2) is 4.79 Å². The van der Waals surface area contributed by atoms with Gasteiger partial charge in [-0.1, -0.05) is 54.1 Å². The molecule has 0 aliphatic heterocycles. The smallest absolute Gasteiger partial charge is 0.411 e. The van der Waals surface area contributed by atoms with Gasteiger partial charge in [-0.15, -0.1) is 0 Å². The molecule has 0 radical (unpaired) electrons. The van der Waals surface area contributed by atoms with Crippen molar-refractivity contribution in [2.75, 3.05) is 12.4 Å². The van der Waals surface area contributed by atoms with Gasteiger partial charge in [0.25, 0.3) is 0 Å². The molecule has 0 saturated heterocycles. The maximum absolute atomic E-state index is 11.5. The summed E-state index contributed by atoms with van der Waals surface area (Å²) in [6.45, 7) is 0. The molecule has 0 saturated carbocycles. The van der Waals surface area contributed by atoms with Gasteiger partial charge < -0.3 is 4.74 Å². The van der Waals surface area contributed by atoms with Crippen LogP contribution < -0.4 is 5.32 Å². The van der Waals surface area contributed by atoms with Crippen LogP contribution in [-0.4, -0.2) is 13.2 Å². The summed E-state index contributed by atoms with van der Waals surface area (Å²) in [6.07, 6.45) is 2.40. The molecule has 3 nitrogen and oxygen atoms in total. The fourth-order valence-corrected chi connectivity index (χ4v) is 4.26. The van der Waals surface area contributed by atoms with Crippen LogP contribution in [0.1, 0.15) is 33.7 Å². The van der Waals surface area contributed by atoms with E-state index in [0.717, 1.165) is 35.5 Å². The molecule has 0 heterocycles. The predicted octanol–water partition coefficient (Wildman–Crippen LogP) is 5.99. The number of benzene rings is 3. The highest BCUT2D eigenvalue weighted by Gasteiger charge is 2.24. The van der Waals surface area contributed by atoms with E-state index in [9.17, 15) is 4.79 Å². The lowest BCUT2D eigenvalue weighted by Crippen LogP contribution is -2.11. The molecule has 28 heavy (non-hydrogen) atoms. The minimum absolute atomic E-state index is 0.249. The van der Waals surface area contributed by atoms with Crippen molar-refractivity contribution in [3.05, 3.63) is 99.6 Å². The van der Waals surface area contributed by atoms with E-state index in [1.807, 2.05) is 24.3 Å². The minimum atomic E-state index is -0.461. The van der Waals surface area contributed by atoms with E-state index in [0.29, 0.717) is 0 Å². The van der Waals surface area contributed by atoms with Gasteiger partial charge >= 0.3 is 6.09 Å². The van der Waals surface area contributed by atoms with Crippen molar-refractivity contribution in [2.45, 2.75) is 25.2 Å². The van der Waals surface area contributed by atoms with Crippen LogP contribution in [-0.2, 0) is 24.0 Å². The van der Waals surface area contributed by atoms with Crippen LogP contribution in [0.5, 0.6) is 0 Å². The molecule has 0 unspecified atom stereocenters. The topological polar surface area (TPSA) is 38.3 Å². The van der Waals surface area contributed by atoms with Gasteiger partial charge in [-0.2, -0.15) is 0 Å². The number of amides is 1. The van der Waals surface area contributed by atoms with E-state index < -0.39 is 6.09 Å². The van der Waals surface area contributed by atoms with Crippen molar-refractivity contribution in [2.24, 2.45) is 0 Å². The third-order valence-corrected chi connectivity index (χ3v) is 5.61. The first-order valence-electron chi connectivity index (χ1n) is 9.44. The lowest BCUT2D eigenvalue weighted by Gasteiger charge is -2.21. The second-order valence-corrected chi connectivity index (χ2v) is 7.55. The molecule has 1 atom stereocenters. The van der Waals surface area contributed by atoms with Gasteiger partial charge in [0.15, 0.2) is 0 Å². The zero-order valence-electron chi connectivity index (χ0n) is 15.7. The van der Waals surface area contributed by atoms with Crippen molar-refractivity contribution in [3.8, 4) is 0 Å². The van der Waals surface area contributed by atoms with Gasteiger partial charge in [-0.3, -0.25) is 5.32 Å². The third-order valence-electron chi connectivity index (χ3n) is 5.37. The zero-order valence-corrected chi connectivity index (χ0v) is 16.5. The molecule has 3 aromatic carbocycles. The lowest BCUT2D eigenvalue weighted by atomic mass is 9.83. The van der Waals surface area contributed by atoms with Crippen LogP contribution in [0.4, 0.5) is 10.5 Å². The highest BCUT2D eigenvalue weighted by Crippen LogP contribution is 2.37. The number of methoxy groups -OCH3 is 1. The zero-order chi connectivity index (χ0) is 19.5. The number of aryl methyl sites for hydroxylation is 2. The Morgan fingerprint density at radius 2 is 1.79 bits per heavy atom. The average molecular weight is 392 g/mol. The van der Waals surface area contributed by atoms with Gasteiger partial charge in [-0.05, 0) is 71.3 Å². The van der Waals surface area contributed by atoms with E-state index in [-0.39, 0.29) is 5.92 Å². The van der Waals surface area contributed by atoms with E-state index in [1.165, 1.54) is 29.4 Å². The van der Waals surface area contributed by atoms with E-state index in [4.69, 9.17) is 16.3 Å². The number of halogens is 1. The number of carbonyl (C=O) groups excluding carboxylic acids is 1. The third kappa shape index (κ3) is 3.90. The van der Waals surface area contributed by atoms with Crippen LogP contribution in [0.25, 0.3) is 0 Å². The summed E-state index contributed by atoms with van der Waals surface area (Å²) in [5.74, 6) is 0.249. The molecular weight excluding hydrogens is 370 g/mol. The number of nitrogens with one attached hydrogen (secondary N) is 1. The molecule has 0 bridgehead atoms. The quantitative estimate of drug-likeness (QED) is 0.595. The second kappa shape index (κ2) is 8.07. The number of hydrogen-bond acceptors (Lipinski definition) is 2. The minimum Gasteiger partial charge on any atom is -0.453 e. The fraction of sp³-hybridized carbons (Fsp3) is 0.208. The Morgan fingerprint density at radius 1 is 1.00 bits per heavy atom. The first kappa shape index (κ1) is 18.6. The number of fused-ring (bicyclic) bond motifs is 2. The van der Waals surface area contributed by atoms with Crippen LogP contribution >= 0.6 is 11.6 Å². The molecule has 0 spiro atoms. The Balaban J connectivity index is 1.73. The molecule has 0 aromatic heterocycles. The predicted molar refractivity (Wildman–Crippen MR) is 113 cm³/mol. The average Bonchev–Trinajstić information content (AvgIpc) is 2.85. The number of carbonyl (C=O) groups is 1. The van der Waals surface area contributed by atoms with Gasteiger partial charge in [0.1, 0.15) is 0 Å². The maximum Gasteiger partial charge on any atom is 0.411 e. The van der Waals surface area contributed by atoms with Crippen LogP contribution in [0, 0.1) is 0 Å². The Hall–Kier alpha value is -2.78. The molecule has 1 aliphatic rings. The Labute approximate surface area is 170 Å². The summed E-state index contributed by atoms with van der Waals surface area (Å²) in [4.78, 5) is 11.5. The fourth-order valence-electron chi connectivity index (χ4n) is 4.07. The van der Waals surface area contributed by atoms with Crippen molar-refractivity contribution >= 4 is 23.4 Å². The first-order valence-corrected chi connectivity index (χ1v) is 9.82. The van der Waals surface area contributed by atoms with E-state index in [1.54, 1.807) is 0 Å². The number of rotatable bonds is 3.